The molecule has 1 aliphatic rings. The first kappa shape index (κ1) is 13.1. The van der Waals surface area contributed by atoms with Gasteiger partial charge in [-0.2, -0.15) is 5.10 Å². The van der Waals surface area contributed by atoms with Crippen molar-refractivity contribution in [3.63, 3.8) is 0 Å². The summed E-state index contributed by atoms with van der Waals surface area (Å²) >= 11 is 5.81. The van der Waals surface area contributed by atoms with Gasteiger partial charge in [0.1, 0.15) is 6.04 Å². The Bertz CT molecular complexity index is 623. The number of nitrogens with zero attached hydrogens (tertiary/aromatic N) is 4. The predicted molar refractivity (Wildman–Crippen MR) is 71.4 cm³/mol. The van der Waals surface area contributed by atoms with Gasteiger partial charge in [-0.15, -0.1) is 0 Å². The summed E-state index contributed by atoms with van der Waals surface area (Å²) in [7, 11) is 0. The highest BCUT2D eigenvalue weighted by Gasteiger charge is 2.32. The van der Waals surface area contributed by atoms with Crippen molar-refractivity contribution in [1.29, 1.82) is 0 Å². The van der Waals surface area contributed by atoms with Crippen LogP contribution in [-0.2, 0) is 24.3 Å². The number of carboxylic acid groups (broad SMARTS) is 1. The fourth-order valence-corrected chi connectivity index (χ4v) is 2.61. The van der Waals surface area contributed by atoms with E-state index in [0.29, 0.717) is 31.1 Å². The van der Waals surface area contributed by atoms with Gasteiger partial charge in [0.2, 0.25) is 0 Å². The first-order chi connectivity index (χ1) is 9.63. The summed E-state index contributed by atoms with van der Waals surface area (Å²) in [5, 5.41) is 14.0. The smallest absolute Gasteiger partial charge is 0.321 e. The SMILES string of the molecule is O=C(O)C1Cc2nc[nH]c2CN1CCn1cc(Cl)cn1. The number of hydrogen-bond donors (Lipinski definition) is 2. The number of aliphatic carboxylic acids is 1. The number of aromatic nitrogens is 4. The third kappa shape index (κ3) is 2.54. The van der Waals surface area contributed by atoms with Crippen molar-refractivity contribution in [2.75, 3.05) is 6.54 Å². The van der Waals surface area contributed by atoms with Crippen molar-refractivity contribution in [2.45, 2.75) is 25.6 Å². The monoisotopic (exact) mass is 295 g/mol. The topological polar surface area (TPSA) is 87.0 Å². The number of hydrogen-bond acceptors (Lipinski definition) is 4. The number of nitrogens with one attached hydrogen (secondary N) is 1. The molecule has 3 rings (SSSR count). The third-order valence-electron chi connectivity index (χ3n) is 3.50. The van der Waals surface area contributed by atoms with Crippen molar-refractivity contribution in [1.82, 2.24) is 24.6 Å². The second-order valence-corrected chi connectivity index (χ2v) is 5.21. The summed E-state index contributed by atoms with van der Waals surface area (Å²) in [6, 6.07) is -0.545. The highest BCUT2D eigenvalue weighted by Crippen LogP contribution is 2.20. The Morgan fingerprint density at radius 2 is 2.40 bits per heavy atom. The van der Waals surface area contributed by atoms with Gasteiger partial charge >= 0.3 is 5.97 Å². The number of rotatable bonds is 4. The van der Waals surface area contributed by atoms with Crippen LogP contribution >= 0.6 is 11.6 Å². The van der Waals surface area contributed by atoms with E-state index in [1.165, 1.54) is 0 Å². The molecule has 0 fully saturated rings. The molecule has 2 N–H and O–H groups in total. The molecular formula is C12H14ClN5O2. The van der Waals surface area contributed by atoms with Crippen LogP contribution in [0.25, 0.3) is 0 Å². The summed E-state index contributed by atoms with van der Waals surface area (Å²) in [4.78, 5) is 20.5. The van der Waals surface area contributed by atoms with Gasteiger partial charge < -0.3 is 10.1 Å². The molecular weight excluding hydrogens is 282 g/mol. The van der Waals surface area contributed by atoms with E-state index < -0.39 is 12.0 Å². The molecule has 106 valence electrons. The van der Waals surface area contributed by atoms with Gasteiger partial charge in [-0.1, -0.05) is 11.6 Å². The number of halogens is 1. The number of aromatic amines is 1. The van der Waals surface area contributed by atoms with Crippen molar-refractivity contribution in [2.24, 2.45) is 0 Å². The van der Waals surface area contributed by atoms with E-state index in [1.54, 1.807) is 23.4 Å². The molecule has 1 unspecified atom stereocenters. The van der Waals surface area contributed by atoms with Gasteiger partial charge in [0.05, 0.1) is 35.5 Å². The minimum Gasteiger partial charge on any atom is -0.480 e. The highest BCUT2D eigenvalue weighted by molar-refractivity contribution is 6.30. The molecule has 0 amide bonds. The standard InChI is InChI=1S/C12H14ClN5O2/c13-8-4-16-18(5-8)2-1-17-6-10-9(14-7-15-10)3-11(17)12(19)20/h4-5,7,11H,1-3,6H2,(H,14,15)(H,19,20). The Kier molecular flexibility index (Phi) is 3.45. The average Bonchev–Trinajstić information content (AvgIpc) is 3.03. The van der Waals surface area contributed by atoms with Gasteiger partial charge in [-0.3, -0.25) is 14.4 Å². The van der Waals surface area contributed by atoms with E-state index in [-0.39, 0.29) is 0 Å². The molecule has 1 aliphatic heterocycles. The maximum Gasteiger partial charge on any atom is 0.321 e. The fourth-order valence-electron chi connectivity index (χ4n) is 2.46. The molecule has 7 nitrogen and oxygen atoms in total. The summed E-state index contributed by atoms with van der Waals surface area (Å²) in [6.45, 7) is 1.74. The van der Waals surface area contributed by atoms with Gasteiger partial charge in [-0.05, 0) is 0 Å². The summed E-state index contributed by atoms with van der Waals surface area (Å²) in [5.41, 5.74) is 1.83. The van der Waals surface area contributed by atoms with Crippen molar-refractivity contribution in [3.8, 4) is 0 Å². The van der Waals surface area contributed by atoms with E-state index in [0.717, 1.165) is 11.4 Å². The molecule has 0 aromatic carbocycles. The number of carbonyl (C=O) groups is 1. The van der Waals surface area contributed by atoms with Crippen LogP contribution < -0.4 is 0 Å². The summed E-state index contributed by atoms with van der Waals surface area (Å²) in [6.07, 6.45) is 5.33. The lowest BCUT2D eigenvalue weighted by molar-refractivity contribution is -0.144. The zero-order valence-electron chi connectivity index (χ0n) is 10.7. The largest absolute Gasteiger partial charge is 0.480 e. The molecule has 0 bridgehead atoms. The van der Waals surface area contributed by atoms with Crippen LogP contribution in [-0.4, -0.2) is 48.3 Å². The van der Waals surface area contributed by atoms with E-state index in [1.807, 2.05) is 4.90 Å². The first-order valence-electron chi connectivity index (χ1n) is 6.29. The molecule has 20 heavy (non-hydrogen) atoms. The average molecular weight is 296 g/mol. The summed E-state index contributed by atoms with van der Waals surface area (Å²) < 4.78 is 1.71. The van der Waals surface area contributed by atoms with Crippen LogP contribution in [0.4, 0.5) is 0 Å². The molecule has 8 heteroatoms. The van der Waals surface area contributed by atoms with Crippen LogP contribution in [0.1, 0.15) is 11.4 Å². The number of imidazole rings is 1. The van der Waals surface area contributed by atoms with Gasteiger partial charge in [0.25, 0.3) is 0 Å². The van der Waals surface area contributed by atoms with Crippen molar-refractivity contribution < 1.29 is 9.90 Å². The van der Waals surface area contributed by atoms with Gasteiger partial charge in [-0.25, -0.2) is 4.98 Å². The molecule has 0 saturated heterocycles. The highest BCUT2D eigenvalue weighted by atomic mass is 35.5. The van der Waals surface area contributed by atoms with Crippen LogP contribution in [0.15, 0.2) is 18.7 Å². The number of fused-ring (bicyclic) bond motifs is 1. The normalized spacial score (nSPS) is 18.9. The molecule has 1 atom stereocenters. The fraction of sp³-hybridized carbons (Fsp3) is 0.417. The zero-order valence-corrected chi connectivity index (χ0v) is 11.4. The van der Waals surface area contributed by atoms with E-state index in [4.69, 9.17) is 11.6 Å². The second-order valence-electron chi connectivity index (χ2n) is 4.78. The Labute approximate surface area is 120 Å². The van der Waals surface area contributed by atoms with Crippen LogP contribution in [0.2, 0.25) is 5.02 Å². The van der Waals surface area contributed by atoms with Crippen LogP contribution in [0.3, 0.4) is 0 Å². The van der Waals surface area contributed by atoms with Crippen molar-refractivity contribution in [3.05, 3.63) is 35.1 Å². The minimum absolute atomic E-state index is 0.425. The zero-order chi connectivity index (χ0) is 14.1. The van der Waals surface area contributed by atoms with Gasteiger partial charge in [0, 0.05) is 25.7 Å². The molecule has 0 spiro atoms. The maximum atomic E-state index is 11.4. The van der Waals surface area contributed by atoms with E-state index in [9.17, 15) is 9.90 Å². The first-order valence-corrected chi connectivity index (χ1v) is 6.67. The molecule has 2 aromatic heterocycles. The Morgan fingerprint density at radius 1 is 1.55 bits per heavy atom. The molecule has 0 aliphatic carbocycles. The van der Waals surface area contributed by atoms with Crippen LogP contribution in [0, 0.1) is 0 Å². The molecule has 3 heterocycles. The predicted octanol–water partition coefficient (Wildman–Crippen LogP) is 0.771. The Morgan fingerprint density at radius 3 is 3.10 bits per heavy atom. The van der Waals surface area contributed by atoms with E-state index >= 15 is 0 Å². The van der Waals surface area contributed by atoms with Crippen LogP contribution in [0.5, 0.6) is 0 Å². The Hall–Kier alpha value is -1.86. The Balaban J connectivity index is 1.71. The molecule has 0 radical (unpaired) electrons. The number of H-pyrrole nitrogens is 1. The molecule has 0 saturated carbocycles. The number of carboxylic acids is 1. The lowest BCUT2D eigenvalue weighted by atomic mass is 10.0. The maximum absolute atomic E-state index is 11.4. The third-order valence-corrected chi connectivity index (χ3v) is 3.69. The summed E-state index contributed by atoms with van der Waals surface area (Å²) in [5.74, 6) is -0.822. The lowest BCUT2D eigenvalue weighted by Crippen LogP contribution is -2.46. The lowest BCUT2D eigenvalue weighted by Gasteiger charge is -2.32. The molecule has 2 aromatic rings. The van der Waals surface area contributed by atoms with Crippen molar-refractivity contribution >= 4 is 17.6 Å². The van der Waals surface area contributed by atoms with Gasteiger partial charge in [0.15, 0.2) is 0 Å². The second kappa shape index (κ2) is 5.26. The quantitative estimate of drug-likeness (QED) is 0.870. The minimum atomic E-state index is -0.822. The van der Waals surface area contributed by atoms with E-state index in [2.05, 4.69) is 15.1 Å².